The smallest absolute Gasteiger partial charge is 0.119 e. The molecule has 1 heterocycles. The minimum absolute atomic E-state index is 0. The van der Waals surface area contributed by atoms with Crippen LogP contribution in [0.2, 0.25) is 5.02 Å². The average molecular weight is 319 g/mol. The molecule has 0 amide bonds. The first-order chi connectivity index (χ1) is 9.15. The molecule has 2 rings (SSSR count). The highest BCUT2D eigenvalue weighted by atomic mass is 35.5. The van der Waals surface area contributed by atoms with E-state index in [1.165, 1.54) is 12.8 Å². The maximum Gasteiger partial charge on any atom is 0.119 e. The van der Waals surface area contributed by atoms with Gasteiger partial charge in [0, 0.05) is 24.2 Å². The van der Waals surface area contributed by atoms with Gasteiger partial charge in [0.25, 0.3) is 0 Å². The third-order valence-corrected chi connectivity index (χ3v) is 4.03. The molecular weight excluding hydrogens is 295 g/mol. The fraction of sp³-hybridized carbons (Fsp3) is 0.600. The molecule has 0 radical (unpaired) electrons. The molecule has 1 aliphatic rings. The second-order valence-electron chi connectivity index (χ2n) is 5.36. The van der Waals surface area contributed by atoms with Crippen molar-refractivity contribution in [2.75, 3.05) is 26.2 Å². The molecule has 2 N–H and O–H groups in total. The van der Waals surface area contributed by atoms with Crippen molar-refractivity contribution in [3.63, 3.8) is 0 Å². The number of ether oxygens (including phenoxy) is 1. The summed E-state index contributed by atoms with van der Waals surface area (Å²) in [5, 5.41) is 0.739. The van der Waals surface area contributed by atoms with E-state index >= 15 is 0 Å². The van der Waals surface area contributed by atoms with Crippen LogP contribution in [0, 0.1) is 5.92 Å². The lowest BCUT2D eigenvalue weighted by atomic mass is 9.92. The van der Waals surface area contributed by atoms with Crippen LogP contribution in [-0.2, 0) is 0 Å². The highest BCUT2D eigenvalue weighted by molar-refractivity contribution is 6.30. The van der Waals surface area contributed by atoms with E-state index in [2.05, 4.69) is 11.8 Å². The Morgan fingerprint density at radius 1 is 1.40 bits per heavy atom. The SMILES string of the molecule is CC(N)C1CCCN(CCOc2ccc(Cl)cc2)C1.Cl. The lowest BCUT2D eigenvalue weighted by molar-refractivity contribution is 0.137. The van der Waals surface area contributed by atoms with Gasteiger partial charge < -0.3 is 10.5 Å². The number of hydrogen-bond donors (Lipinski definition) is 1. The number of benzene rings is 1. The second-order valence-corrected chi connectivity index (χ2v) is 5.80. The zero-order valence-corrected chi connectivity index (χ0v) is 13.5. The minimum atomic E-state index is 0. The molecule has 0 spiro atoms. The molecule has 3 nitrogen and oxygen atoms in total. The van der Waals surface area contributed by atoms with E-state index in [-0.39, 0.29) is 12.4 Å². The standard InChI is InChI=1S/C15H23ClN2O.ClH/c1-12(17)13-3-2-8-18(11-13)9-10-19-15-6-4-14(16)5-7-15;/h4-7,12-13H,2-3,8-11,17H2,1H3;1H. The molecule has 1 aromatic rings. The molecule has 0 bridgehead atoms. The highest BCUT2D eigenvalue weighted by Gasteiger charge is 2.22. The summed E-state index contributed by atoms with van der Waals surface area (Å²) in [4.78, 5) is 2.45. The zero-order chi connectivity index (χ0) is 13.7. The van der Waals surface area contributed by atoms with E-state index in [9.17, 15) is 0 Å². The van der Waals surface area contributed by atoms with E-state index in [4.69, 9.17) is 22.1 Å². The topological polar surface area (TPSA) is 38.5 Å². The first-order valence-corrected chi connectivity index (χ1v) is 7.39. The Kier molecular flexibility index (Phi) is 7.67. The third-order valence-electron chi connectivity index (χ3n) is 3.78. The molecule has 2 atom stereocenters. The predicted octanol–water partition coefficient (Wildman–Crippen LogP) is 3.20. The van der Waals surface area contributed by atoms with Crippen molar-refractivity contribution in [1.82, 2.24) is 4.90 Å². The van der Waals surface area contributed by atoms with Crippen LogP contribution in [0.1, 0.15) is 19.8 Å². The Morgan fingerprint density at radius 3 is 2.75 bits per heavy atom. The molecule has 1 fully saturated rings. The average Bonchev–Trinajstić information content (AvgIpc) is 2.41. The quantitative estimate of drug-likeness (QED) is 0.906. The lowest BCUT2D eigenvalue weighted by Gasteiger charge is -2.34. The van der Waals surface area contributed by atoms with Crippen molar-refractivity contribution in [1.29, 1.82) is 0 Å². The Bertz CT molecular complexity index is 384. The van der Waals surface area contributed by atoms with E-state index in [1.807, 2.05) is 24.3 Å². The largest absolute Gasteiger partial charge is 0.492 e. The molecule has 2 unspecified atom stereocenters. The van der Waals surface area contributed by atoms with Gasteiger partial charge in [-0.25, -0.2) is 0 Å². The monoisotopic (exact) mass is 318 g/mol. The predicted molar refractivity (Wildman–Crippen MR) is 87.0 cm³/mol. The number of hydrogen-bond acceptors (Lipinski definition) is 3. The molecule has 20 heavy (non-hydrogen) atoms. The molecule has 1 aliphatic heterocycles. The van der Waals surface area contributed by atoms with Crippen molar-refractivity contribution < 1.29 is 4.74 Å². The summed E-state index contributed by atoms with van der Waals surface area (Å²) < 4.78 is 5.73. The number of nitrogens with two attached hydrogens (primary N) is 1. The Hall–Kier alpha value is -0.480. The van der Waals surface area contributed by atoms with Gasteiger partial charge in [-0.3, -0.25) is 4.90 Å². The van der Waals surface area contributed by atoms with Gasteiger partial charge in [0.15, 0.2) is 0 Å². The van der Waals surface area contributed by atoms with E-state index in [0.29, 0.717) is 18.6 Å². The number of piperidine rings is 1. The van der Waals surface area contributed by atoms with Gasteiger partial charge in [0.1, 0.15) is 12.4 Å². The van der Waals surface area contributed by atoms with Crippen molar-refractivity contribution in [3.05, 3.63) is 29.3 Å². The van der Waals surface area contributed by atoms with Gasteiger partial charge in [-0.05, 0) is 56.5 Å². The number of likely N-dealkylation sites (tertiary alicyclic amines) is 1. The maximum absolute atomic E-state index is 5.99. The van der Waals surface area contributed by atoms with Crippen LogP contribution in [0.5, 0.6) is 5.75 Å². The van der Waals surface area contributed by atoms with Crippen molar-refractivity contribution >= 4 is 24.0 Å². The first-order valence-electron chi connectivity index (χ1n) is 7.01. The molecule has 0 saturated carbocycles. The molecule has 0 aliphatic carbocycles. The molecule has 114 valence electrons. The fourth-order valence-corrected chi connectivity index (χ4v) is 2.67. The summed E-state index contributed by atoms with van der Waals surface area (Å²) in [7, 11) is 0. The molecule has 0 aromatic heterocycles. The van der Waals surface area contributed by atoms with Gasteiger partial charge in [-0.1, -0.05) is 11.6 Å². The zero-order valence-electron chi connectivity index (χ0n) is 11.9. The van der Waals surface area contributed by atoms with Gasteiger partial charge in [-0.2, -0.15) is 0 Å². The van der Waals surface area contributed by atoms with Crippen LogP contribution in [0.15, 0.2) is 24.3 Å². The summed E-state index contributed by atoms with van der Waals surface area (Å²) >= 11 is 5.84. The first kappa shape index (κ1) is 17.6. The van der Waals surface area contributed by atoms with Gasteiger partial charge in [0.05, 0.1) is 0 Å². The highest BCUT2D eigenvalue weighted by Crippen LogP contribution is 2.19. The Labute approximate surface area is 132 Å². The summed E-state index contributed by atoms with van der Waals surface area (Å²) in [5.41, 5.74) is 5.99. The lowest BCUT2D eigenvalue weighted by Crippen LogP contribution is -2.43. The summed E-state index contributed by atoms with van der Waals surface area (Å²) in [6.07, 6.45) is 2.50. The minimum Gasteiger partial charge on any atom is -0.492 e. The maximum atomic E-state index is 5.99. The molecule has 5 heteroatoms. The van der Waals surface area contributed by atoms with E-state index in [1.54, 1.807) is 0 Å². The fourth-order valence-electron chi connectivity index (χ4n) is 2.55. The normalized spacial score (nSPS) is 21.1. The van der Waals surface area contributed by atoms with E-state index in [0.717, 1.165) is 30.4 Å². The van der Waals surface area contributed by atoms with Crippen LogP contribution >= 0.6 is 24.0 Å². The van der Waals surface area contributed by atoms with Crippen LogP contribution < -0.4 is 10.5 Å². The van der Waals surface area contributed by atoms with Crippen LogP contribution in [-0.4, -0.2) is 37.2 Å². The number of halogens is 2. The Morgan fingerprint density at radius 2 is 2.10 bits per heavy atom. The summed E-state index contributed by atoms with van der Waals surface area (Å²) in [6, 6.07) is 7.81. The molecule has 1 saturated heterocycles. The van der Waals surface area contributed by atoms with Crippen LogP contribution in [0.4, 0.5) is 0 Å². The Balaban J connectivity index is 0.00000200. The van der Waals surface area contributed by atoms with Gasteiger partial charge >= 0.3 is 0 Å². The summed E-state index contributed by atoms with van der Waals surface area (Å²) in [6.45, 7) is 6.05. The number of nitrogens with zero attached hydrogens (tertiary/aromatic N) is 1. The van der Waals surface area contributed by atoms with Crippen LogP contribution in [0.3, 0.4) is 0 Å². The number of rotatable bonds is 5. The van der Waals surface area contributed by atoms with Crippen LogP contribution in [0.25, 0.3) is 0 Å². The van der Waals surface area contributed by atoms with Gasteiger partial charge in [0.2, 0.25) is 0 Å². The van der Waals surface area contributed by atoms with Crippen molar-refractivity contribution in [3.8, 4) is 5.75 Å². The molecular formula is C15H24Cl2N2O. The van der Waals surface area contributed by atoms with E-state index < -0.39 is 0 Å². The summed E-state index contributed by atoms with van der Waals surface area (Å²) in [5.74, 6) is 1.51. The van der Waals surface area contributed by atoms with Crippen molar-refractivity contribution in [2.24, 2.45) is 11.7 Å². The third kappa shape index (κ3) is 5.49. The van der Waals surface area contributed by atoms with Crippen molar-refractivity contribution in [2.45, 2.75) is 25.8 Å². The second kappa shape index (κ2) is 8.73. The van der Waals surface area contributed by atoms with Gasteiger partial charge in [-0.15, -0.1) is 12.4 Å². The molecule has 1 aromatic carbocycles.